The molecule has 0 N–H and O–H groups in total. The van der Waals surface area contributed by atoms with E-state index >= 15 is 0 Å². The van der Waals surface area contributed by atoms with Gasteiger partial charge >= 0.3 is 0 Å². The van der Waals surface area contributed by atoms with Crippen LogP contribution >= 0.6 is 11.8 Å². The molecule has 7 nitrogen and oxygen atoms in total. The fourth-order valence-corrected chi connectivity index (χ4v) is 2.41. The van der Waals surface area contributed by atoms with Crippen molar-refractivity contribution in [3.63, 3.8) is 0 Å². The van der Waals surface area contributed by atoms with Crippen LogP contribution in [0.2, 0.25) is 0 Å². The summed E-state index contributed by atoms with van der Waals surface area (Å²) in [6, 6.07) is 5.11. The summed E-state index contributed by atoms with van der Waals surface area (Å²) in [7, 11) is 0. The van der Waals surface area contributed by atoms with E-state index in [-0.39, 0.29) is 16.9 Å². The molecule has 0 saturated carbocycles. The van der Waals surface area contributed by atoms with Gasteiger partial charge in [0.1, 0.15) is 0 Å². The molecule has 0 aliphatic carbocycles. The number of carboxylic acids is 1. The Labute approximate surface area is 123 Å². The van der Waals surface area contributed by atoms with Crippen molar-refractivity contribution in [2.45, 2.75) is 12.1 Å². The van der Waals surface area contributed by atoms with Crippen LogP contribution in [-0.4, -0.2) is 23.0 Å². The topological polar surface area (TPSA) is 97.5 Å². The lowest BCUT2D eigenvalue weighted by molar-refractivity contribution is -0.298. The van der Waals surface area contributed by atoms with Crippen molar-refractivity contribution in [3.8, 4) is 11.5 Å². The normalized spacial score (nSPS) is 13.5. The highest BCUT2D eigenvalue weighted by Gasteiger charge is 2.14. The number of aliphatic carboxylic acids is 1. The summed E-state index contributed by atoms with van der Waals surface area (Å²) < 4.78 is 15.6. The van der Waals surface area contributed by atoms with Gasteiger partial charge in [-0.15, -0.1) is 10.2 Å². The summed E-state index contributed by atoms with van der Waals surface area (Å²) in [5.74, 6) is 0.231. The van der Waals surface area contributed by atoms with E-state index in [0.29, 0.717) is 23.0 Å². The Balaban J connectivity index is 1.88. The second kappa shape index (κ2) is 5.49. The molecule has 1 aromatic carbocycles. The summed E-state index contributed by atoms with van der Waals surface area (Å²) >= 11 is 0.832. The standard InChI is InChI=1S/C13H10N2O5S/c1-7-14-15-13(20-7)21-11(12(16)17)5-8-2-3-9-10(4-8)19-6-18-9/h2-5H,6H2,1H3,(H,16,17)/p-1/b11-5-. The molecule has 21 heavy (non-hydrogen) atoms. The monoisotopic (exact) mass is 305 g/mol. The number of benzene rings is 1. The Bertz CT molecular complexity index is 725. The highest BCUT2D eigenvalue weighted by Crippen LogP contribution is 2.34. The molecule has 3 rings (SSSR count). The Kier molecular flexibility index (Phi) is 3.53. The van der Waals surface area contributed by atoms with Crippen LogP contribution in [0.1, 0.15) is 11.5 Å². The number of aromatic nitrogens is 2. The Morgan fingerprint density at radius 1 is 1.33 bits per heavy atom. The third kappa shape index (κ3) is 3.00. The van der Waals surface area contributed by atoms with Crippen LogP contribution in [0, 0.1) is 6.92 Å². The minimum Gasteiger partial charge on any atom is -0.544 e. The fourth-order valence-electron chi connectivity index (χ4n) is 1.70. The maximum atomic E-state index is 11.2. The van der Waals surface area contributed by atoms with Gasteiger partial charge in [-0.3, -0.25) is 0 Å². The molecule has 0 atom stereocenters. The number of aryl methyl sites for hydroxylation is 1. The van der Waals surface area contributed by atoms with Crippen molar-refractivity contribution in [1.29, 1.82) is 0 Å². The quantitative estimate of drug-likeness (QED) is 0.609. The predicted molar refractivity (Wildman–Crippen MR) is 70.4 cm³/mol. The third-order valence-electron chi connectivity index (χ3n) is 2.60. The van der Waals surface area contributed by atoms with Crippen LogP contribution in [0.25, 0.3) is 6.08 Å². The first kappa shape index (κ1) is 13.5. The van der Waals surface area contributed by atoms with E-state index in [0.717, 1.165) is 11.8 Å². The summed E-state index contributed by atoms with van der Waals surface area (Å²) in [5.41, 5.74) is 0.641. The molecule has 1 aromatic heterocycles. The van der Waals surface area contributed by atoms with Crippen molar-refractivity contribution in [2.75, 3.05) is 6.79 Å². The molecule has 0 fully saturated rings. The molecular weight excluding hydrogens is 296 g/mol. The first-order valence-corrected chi connectivity index (χ1v) is 6.74. The first-order chi connectivity index (χ1) is 10.1. The number of hydrogen-bond acceptors (Lipinski definition) is 8. The lowest BCUT2D eigenvalue weighted by Gasteiger charge is -2.06. The molecule has 2 heterocycles. The third-order valence-corrected chi connectivity index (χ3v) is 3.44. The maximum absolute atomic E-state index is 11.2. The van der Waals surface area contributed by atoms with Crippen LogP contribution in [0.15, 0.2) is 32.7 Å². The molecule has 8 heteroatoms. The molecule has 108 valence electrons. The number of carbonyl (C=O) groups excluding carboxylic acids is 1. The largest absolute Gasteiger partial charge is 0.544 e. The summed E-state index contributed by atoms with van der Waals surface area (Å²) in [6.07, 6.45) is 1.45. The van der Waals surface area contributed by atoms with Crippen LogP contribution in [0.4, 0.5) is 0 Å². The molecule has 0 saturated heterocycles. The maximum Gasteiger partial charge on any atom is 0.281 e. The number of carboxylic acid groups (broad SMARTS) is 1. The molecule has 1 aliphatic heterocycles. The summed E-state index contributed by atoms with van der Waals surface area (Å²) in [5, 5.41) is 18.7. The first-order valence-electron chi connectivity index (χ1n) is 5.92. The minimum absolute atomic E-state index is 0.0440. The van der Waals surface area contributed by atoms with E-state index in [1.807, 2.05) is 0 Å². The molecule has 0 amide bonds. The Morgan fingerprint density at radius 3 is 2.86 bits per heavy atom. The number of hydrogen-bond donors (Lipinski definition) is 0. The van der Waals surface area contributed by atoms with E-state index in [1.165, 1.54) is 6.08 Å². The number of fused-ring (bicyclic) bond motifs is 1. The van der Waals surface area contributed by atoms with E-state index in [4.69, 9.17) is 13.9 Å². The second-order valence-corrected chi connectivity index (χ2v) is 5.09. The summed E-state index contributed by atoms with van der Waals surface area (Å²) in [4.78, 5) is 11.2. The summed E-state index contributed by atoms with van der Waals surface area (Å²) in [6.45, 7) is 1.78. The number of nitrogens with zero attached hydrogens (tertiary/aromatic N) is 2. The average Bonchev–Trinajstić information content (AvgIpc) is 3.06. The predicted octanol–water partition coefficient (Wildman–Crippen LogP) is 0.990. The zero-order chi connectivity index (χ0) is 14.8. The van der Waals surface area contributed by atoms with Crippen LogP contribution in [0.3, 0.4) is 0 Å². The number of thioether (sulfide) groups is 1. The lowest BCUT2D eigenvalue weighted by atomic mass is 10.2. The zero-order valence-corrected chi connectivity index (χ0v) is 11.7. The molecule has 0 radical (unpaired) electrons. The fraction of sp³-hybridized carbons (Fsp3) is 0.154. The van der Waals surface area contributed by atoms with Gasteiger partial charge in [0.05, 0.1) is 5.97 Å². The Morgan fingerprint density at radius 2 is 2.14 bits per heavy atom. The number of ether oxygens (including phenoxy) is 2. The van der Waals surface area contributed by atoms with Gasteiger partial charge in [0, 0.05) is 11.8 Å². The van der Waals surface area contributed by atoms with Crippen LogP contribution in [-0.2, 0) is 4.79 Å². The van der Waals surface area contributed by atoms with Crippen LogP contribution < -0.4 is 14.6 Å². The lowest BCUT2D eigenvalue weighted by Crippen LogP contribution is -2.23. The van der Waals surface area contributed by atoms with Gasteiger partial charge in [0.25, 0.3) is 5.22 Å². The molecule has 0 unspecified atom stereocenters. The smallest absolute Gasteiger partial charge is 0.281 e. The van der Waals surface area contributed by atoms with Gasteiger partial charge in [-0.25, -0.2) is 0 Å². The van der Waals surface area contributed by atoms with Crippen molar-refractivity contribution in [1.82, 2.24) is 10.2 Å². The molecule has 0 bridgehead atoms. The zero-order valence-electron chi connectivity index (χ0n) is 10.9. The SMILES string of the molecule is Cc1nnc(S/C(=C\c2ccc3c(c2)OCO3)C(=O)[O-])o1. The van der Waals surface area contributed by atoms with Crippen molar-refractivity contribution < 1.29 is 23.8 Å². The van der Waals surface area contributed by atoms with Gasteiger partial charge < -0.3 is 23.8 Å². The van der Waals surface area contributed by atoms with E-state index in [2.05, 4.69) is 10.2 Å². The number of carbonyl (C=O) groups is 1. The van der Waals surface area contributed by atoms with Gasteiger partial charge in [-0.05, 0) is 35.5 Å². The highest BCUT2D eigenvalue weighted by molar-refractivity contribution is 8.03. The van der Waals surface area contributed by atoms with E-state index in [9.17, 15) is 9.90 Å². The average molecular weight is 305 g/mol. The van der Waals surface area contributed by atoms with E-state index < -0.39 is 5.97 Å². The van der Waals surface area contributed by atoms with Gasteiger partial charge in [0.15, 0.2) is 11.5 Å². The van der Waals surface area contributed by atoms with Gasteiger partial charge in [-0.1, -0.05) is 6.07 Å². The minimum atomic E-state index is -1.33. The van der Waals surface area contributed by atoms with Crippen molar-refractivity contribution in [3.05, 3.63) is 34.6 Å². The Hall–Kier alpha value is -2.48. The van der Waals surface area contributed by atoms with Gasteiger partial charge in [-0.2, -0.15) is 0 Å². The molecule has 0 spiro atoms. The number of rotatable bonds is 4. The molecule has 1 aliphatic rings. The van der Waals surface area contributed by atoms with Crippen molar-refractivity contribution >= 4 is 23.8 Å². The van der Waals surface area contributed by atoms with Gasteiger partial charge in [0.2, 0.25) is 12.7 Å². The highest BCUT2D eigenvalue weighted by atomic mass is 32.2. The molecular formula is C13H9N2O5S-. The second-order valence-electron chi connectivity index (χ2n) is 4.10. The molecule has 2 aromatic rings. The van der Waals surface area contributed by atoms with Crippen molar-refractivity contribution in [2.24, 2.45) is 0 Å². The van der Waals surface area contributed by atoms with Crippen LogP contribution in [0.5, 0.6) is 11.5 Å². The van der Waals surface area contributed by atoms with E-state index in [1.54, 1.807) is 25.1 Å².